The summed E-state index contributed by atoms with van der Waals surface area (Å²) in [6, 6.07) is 10.2. The Balaban J connectivity index is 2.29. The molecule has 2 rings (SSSR count). The summed E-state index contributed by atoms with van der Waals surface area (Å²) in [7, 11) is 0. The summed E-state index contributed by atoms with van der Waals surface area (Å²) in [5.74, 6) is 0.964. The molecule has 2 nitrogen and oxygen atoms in total. The molecule has 0 atom stereocenters. The van der Waals surface area contributed by atoms with E-state index in [1.165, 1.54) is 0 Å². The van der Waals surface area contributed by atoms with E-state index < -0.39 is 0 Å². The van der Waals surface area contributed by atoms with Gasteiger partial charge in [-0.2, -0.15) is 0 Å². The zero-order valence-corrected chi connectivity index (χ0v) is 9.02. The van der Waals surface area contributed by atoms with Crippen LogP contribution in [0.2, 0.25) is 0 Å². The van der Waals surface area contributed by atoms with E-state index in [4.69, 9.17) is 0 Å². The maximum absolute atomic E-state index is 4.35. The van der Waals surface area contributed by atoms with E-state index in [9.17, 15) is 0 Å². The van der Waals surface area contributed by atoms with Crippen LogP contribution >= 0.6 is 0 Å². The van der Waals surface area contributed by atoms with E-state index in [-0.39, 0.29) is 0 Å². The first-order valence-corrected chi connectivity index (χ1v) is 9.01. The van der Waals surface area contributed by atoms with Gasteiger partial charge in [0.25, 0.3) is 0 Å². The van der Waals surface area contributed by atoms with Gasteiger partial charge in [-0.05, 0) is 0 Å². The van der Waals surface area contributed by atoms with Crippen molar-refractivity contribution in [2.75, 3.05) is 0 Å². The quantitative estimate of drug-likeness (QED) is 0.655. The van der Waals surface area contributed by atoms with Gasteiger partial charge in [0.15, 0.2) is 0 Å². The van der Waals surface area contributed by atoms with Crippen LogP contribution in [0.4, 0.5) is 0 Å². The average Bonchev–Trinajstić information content (AvgIpc) is 2.58. The number of benzene rings is 1. The first kappa shape index (κ1) is 7.38. The molecule has 1 heterocycles. The van der Waals surface area contributed by atoms with E-state index in [1.807, 2.05) is 18.2 Å². The van der Waals surface area contributed by atoms with Crippen molar-refractivity contribution in [2.45, 2.75) is 0 Å². The third-order valence-electron chi connectivity index (χ3n) is 1.31. The van der Waals surface area contributed by atoms with Gasteiger partial charge >= 0.3 is 76.8 Å². The molecule has 0 aliphatic carbocycles. The van der Waals surface area contributed by atoms with E-state index in [1.54, 1.807) is 0 Å². The first-order valence-electron chi connectivity index (χ1n) is 3.14. The van der Waals surface area contributed by atoms with Gasteiger partial charge in [0.05, 0.1) is 0 Å². The van der Waals surface area contributed by atoms with Gasteiger partial charge in [-0.25, -0.2) is 0 Å². The minimum absolute atomic E-state index is 0.429. The topological polar surface area (TPSA) is 26.5 Å². The van der Waals surface area contributed by atoms with Crippen LogP contribution in [-0.4, -0.2) is 32.5 Å². The average molecular weight is 275 g/mol. The van der Waals surface area contributed by atoms with Crippen LogP contribution in [0.5, 0.6) is 0 Å². The fourth-order valence-electron chi connectivity index (χ4n) is 0.813. The fraction of sp³-hybridized carbons (Fsp3) is 0. The van der Waals surface area contributed by atoms with Crippen LogP contribution in [0.15, 0.2) is 34.3 Å². The molecule has 0 saturated heterocycles. The van der Waals surface area contributed by atoms with Crippen molar-refractivity contribution in [1.29, 1.82) is 0 Å². The Morgan fingerprint density at radius 1 is 1.00 bits per heavy atom. The third kappa shape index (κ3) is 1.66. The summed E-state index contributed by atoms with van der Waals surface area (Å²) in [5.41, 5.74) is 1.16. The summed E-state index contributed by atoms with van der Waals surface area (Å²) in [6.07, 6.45) is 0. The normalized spacial score (nSPS) is 15.8. The predicted molar refractivity (Wildman–Crippen MR) is 46.6 cm³/mol. The molecule has 55 valence electrons. The van der Waals surface area contributed by atoms with E-state index in [0.29, 0.717) is 26.7 Å². The van der Waals surface area contributed by atoms with Gasteiger partial charge in [0.1, 0.15) is 0 Å². The van der Waals surface area contributed by atoms with E-state index in [0.717, 1.165) is 11.4 Å². The molecule has 0 N–H and O–H groups in total. The molecular weight excluding hydrogens is 270 g/mol. The number of hydrogen-bond donors (Lipinski definition) is 0. The molecule has 0 unspecified atom stereocenters. The second-order valence-corrected chi connectivity index (χ2v) is 6.66. The van der Waals surface area contributed by atoms with E-state index >= 15 is 0 Å². The molecule has 1 aliphatic rings. The van der Waals surface area contributed by atoms with Crippen molar-refractivity contribution >= 4 is 32.5 Å². The molecular formula is C7H5N2Se2. The molecule has 0 saturated carbocycles. The van der Waals surface area contributed by atoms with Crippen molar-refractivity contribution in [3.63, 3.8) is 0 Å². The molecule has 11 heavy (non-hydrogen) atoms. The molecule has 0 fully saturated rings. The Kier molecular flexibility index (Phi) is 2.29. The number of rotatable bonds is 1. The SMILES string of the molecule is c1ccc(C2=N[Se][Se][N]2)cc1. The number of hydrogen-bond acceptors (Lipinski definition) is 1. The Labute approximate surface area is 76.8 Å². The monoisotopic (exact) mass is 277 g/mol. The molecule has 1 aliphatic heterocycles. The Morgan fingerprint density at radius 2 is 1.82 bits per heavy atom. The summed E-state index contributed by atoms with van der Waals surface area (Å²) in [6.45, 7) is 0. The summed E-state index contributed by atoms with van der Waals surface area (Å²) in [4.78, 5) is 0. The molecule has 1 radical (unpaired) electrons. The van der Waals surface area contributed by atoms with Gasteiger partial charge in [-0.15, -0.1) is 0 Å². The van der Waals surface area contributed by atoms with Crippen molar-refractivity contribution in [1.82, 2.24) is 4.33 Å². The molecule has 0 amide bonds. The Bertz CT molecular complexity index is 271. The summed E-state index contributed by atoms with van der Waals surface area (Å²) < 4.78 is 8.69. The predicted octanol–water partition coefficient (Wildman–Crippen LogP) is 0.205. The first-order chi connectivity index (χ1) is 5.47. The van der Waals surface area contributed by atoms with Crippen LogP contribution in [0.3, 0.4) is 0 Å². The minimum atomic E-state index is 0.429. The third-order valence-corrected chi connectivity index (χ3v) is 4.84. The van der Waals surface area contributed by atoms with Crippen LogP contribution in [-0.2, 0) is 0 Å². The van der Waals surface area contributed by atoms with Crippen LogP contribution in [0.25, 0.3) is 0 Å². The van der Waals surface area contributed by atoms with Gasteiger partial charge in [0, 0.05) is 0 Å². The zero-order valence-electron chi connectivity index (χ0n) is 5.60. The Hall–Kier alpha value is -0.271. The molecule has 4 heteroatoms. The van der Waals surface area contributed by atoms with Crippen molar-refractivity contribution in [3.8, 4) is 0 Å². The number of amidine groups is 1. The van der Waals surface area contributed by atoms with Gasteiger partial charge in [-0.1, -0.05) is 0 Å². The molecule has 0 aromatic heterocycles. The molecule has 1 aromatic carbocycles. The standard InChI is InChI=1S/C7H5N2Se2/c1-2-4-6(5-3-1)7-8-10-11-9-7/h1-5H. The Morgan fingerprint density at radius 3 is 2.45 bits per heavy atom. The molecule has 1 aromatic rings. The van der Waals surface area contributed by atoms with Gasteiger partial charge in [-0.3, -0.25) is 0 Å². The van der Waals surface area contributed by atoms with Crippen molar-refractivity contribution in [3.05, 3.63) is 35.9 Å². The van der Waals surface area contributed by atoms with Crippen LogP contribution in [0.1, 0.15) is 5.56 Å². The zero-order chi connectivity index (χ0) is 7.52. The fourth-order valence-corrected chi connectivity index (χ4v) is 4.39. The van der Waals surface area contributed by atoms with Gasteiger partial charge in [0.2, 0.25) is 0 Å². The van der Waals surface area contributed by atoms with Crippen LogP contribution < -0.4 is 4.33 Å². The second-order valence-electron chi connectivity index (χ2n) is 2.02. The maximum atomic E-state index is 4.35. The summed E-state index contributed by atoms with van der Waals surface area (Å²) >= 11 is 0.857. The van der Waals surface area contributed by atoms with E-state index in [2.05, 4.69) is 20.5 Å². The second kappa shape index (κ2) is 3.42. The molecule has 0 spiro atoms. The number of nitrogens with zero attached hydrogens (tertiary/aromatic N) is 2. The van der Waals surface area contributed by atoms with Crippen molar-refractivity contribution in [2.24, 2.45) is 4.01 Å². The molecule has 0 bridgehead atoms. The van der Waals surface area contributed by atoms with Crippen LogP contribution in [0, 0.1) is 0 Å². The van der Waals surface area contributed by atoms with Gasteiger partial charge < -0.3 is 0 Å². The summed E-state index contributed by atoms with van der Waals surface area (Å²) in [5, 5.41) is 0. The van der Waals surface area contributed by atoms with Crippen molar-refractivity contribution < 1.29 is 0 Å².